The molecule has 0 saturated carbocycles. The molecule has 6 heteroatoms. The molecule has 3 aromatic rings. The summed E-state index contributed by atoms with van der Waals surface area (Å²) in [6, 6.07) is 18.7. The molecule has 3 rings (SSSR count). The van der Waals surface area contributed by atoms with Crippen molar-refractivity contribution >= 4 is 17.4 Å². The van der Waals surface area contributed by atoms with Crippen molar-refractivity contribution in [2.24, 2.45) is 0 Å². The number of amides is 1. The van der Waals surface area contributed by atoms with Crippen LogP contribution in [0, 0.1) is 11.3 Å². The quantitative estimate of drug-likeness (QED) is 0.750. The van der Waals surface area contributed by atoms with Gasteiger partial charge in [-0.1, -0.05) is 42.5 Å². The fourth-order valence-electron chi connectivity index (χ4n) is 2.20. The lowest BCUT2D eigenvalue weighted by molar-refractivity contribution is 0.102. The van der Waals surface area contributed by atoms with Crippen molar-refractivity contribution in [2.45, 2.75) is 6.54 Å². The van der Waals surface area contributed by atoms with Crippen LogP contribution in [0.3, 0.4) is 0 Å². The van der Waals surface area contributed by atoms with Crippen molar-refractivity contribution in [1.82, 2.24) is 9.97 Å². The molecule has 0 bridgehead atoms. The molecule has 1 amide bonds. The second-order valence-electron chi connectivity index (χ2n) is 5.24. The van der Waals surface area contributed by atoms with Crippen molar-refractivity contribution in [3.63, 3.8) is 0 Å². The summed E-state index contributed by atoms with van der Waals surface area (Å²) in [6.07, 6.45) is 2.91. The van der Waals surface area contributed by atoms with Crippen LogP contribution < -0.4 is 10.6 Å². The molecule has 1 heterocycles. The largest absolute Gasteiger partial charge is 0.365 e. The zero-order valence-corrected chi connectivity index (χ0v) is 13.3. The highest BCUT2D eigenvalue weighted by Crippen LogP contribution is 2.14. The number of para-hydroxylation sites is 1. The van der Waals surface area contributed by atoms with E-state index in [2.05, 4.69) is 20.6 Å². The first-order valence-corrected chi connectivity index (χ1v) is 7.66. The Kier molecular flexibility index (Phi) is 4.98. The first kappa shape index (κ1) is 16.1. The molecular weight excluding hydrogens is 314 g/mol. The van der Waals surface area contributed by atoms with Crippen molar-refractivity contribution in [3.8, 4) is 6.07 Å². The molecule has 1 aromatic heterocycles. The topological polar surface area (TPSA) is 90.7 Å². The number of carbonyl (C=O) groups excluding carboxylic acids is 1. The van der Waals surface area contributed by atoms with Crippen molar-refractivity contribution in [3.05, 3.63) is 83.8 Å². The lowest BCUT2D eigenvalue weighted by Gasteiger charge is -2.08. The summed E-state index contributed by atoms with van der Waals surface area (Å²) in [5, 5.41) is 14.9. The van der Waals surface area contributed by atoms with Gasteiger partial charge in [0.05, 0.1) is 23.6 Å². The van der Waals surface area contributed by atoms with Gasteiger partial charge in [0.25, 0.3) is 5.91 Å². The minimum Gasteiger partial charge on any atom is -0.365 e. The number of nitrogens with one attached hydrogen (secondary N) is 2. The van der Waals surface area contributed by atoms with Crippen LogP contribution in [0.4, 0.5) is 11.5 Å². The monoisotopic (exact) mass is 329 g/mol. The van der Waals surface area contributed by atoms with E-state index in [0.29, 0.717) is 23.6 Å². The fraction of sp³-hybridized carbons (Fsp3) is 0.0526. The molecule has 0 aliphatic heterocycles. The van der Waals surface area contributed by atoms with Gasteiger partial charge in [0.2, 0.25) is 0 Å². The molecule has 0 aliphatic carbocycles. The maximum Gasteiger partial charge on any atom is 0.275 e. The molecule has 6 nitrogen and oxygen atoms in total. The van der Waals surface area contributed by atoms with Crippen LogP contribution in [0.1, 0.15) is 21.6 Å². The number of nitriles is 1. The van der Waals surface area contributed by atoms with E-state index in [9.17, 15) is 4.79 Å². The van der Waals surface area contributed by atoms with Gasteiger partial charge in [-0.05, 0) is 17.7 Å². The third-order valence-corrected chi connectivity index (χ3v) is 3.50. The van der Waals surface area contributed by atoms with Gasteiger partial charge in [0.1, 0.15) is 17.6 Å². The SMILES string of the molecule is N#Cc1ccccc1NC(=O)c1cnc(NCc2ccccc2)cn1. The Labute approximate surface area is 145 Å². The summed E-state index contributed by atoms with van der Waals surface area (Å²) in [7, 11) is 0. The molecule has 2 aromatic carbocycles. The van der Waals surface area contributed by atoms with Gasteiger partial charge in [0, 0.05) is 6.54 Å². The zero-order valence-electron chi connectivity index (χ0n) is 13.3. The summed E-state index contributed by atoms with van der Waals surface area (Å²) in [5.74, 6) is 0.169. The smallest absolute Gasteiger partial charge is 0.275 e. The standard InChI is InChI=1S/C19H15N5O/c20-10-15-8-4-5-9-16(15)24-19(25)17-12-23-18(13-21-17)22-11-14-6-2-1-3-7-14/h1-9,12-13H,11H2,(H,22,23)(H,24,25). The average molecular weight is 329 g/mol. The Morgan fingerprint density at radius 2 is 1.76 bits per heavy atom. The lowest BCUT2D eigenvalue weighted by Crippen LogP contribution is -2.15. The molecule has 0 radical (unpaired) electrons. The normalized spacial score (nSPS) is 9.88. The Hall–Kier alpha value is -3.72. The molecule has 122 valence electrons. The van der Waals surface area contributed by atoms with Crippen molar-refractivity contribution in [1.29, 1.82) is 5.26 Å². The van der Waals surface area contributed by atoms with Crippen LogP contribution >= 0.6 is 0 Å². The van der Waals surface area contributed by atoms with Gasteiger partial charge in [-0.15, -0.1) is 0 Å². The van der Waals surface area contributed by atoms with Gasteiger partial charge in [0.15, 0.2) is 0 Å². The second-order valence-corrected chi connectivity index (χ2v) is 5.24. The predicted molar refractivity (Wildman–Crippen MR) is 94.9 cm³/mol. The van der Waals surface area contributed by atoms with Crippen LogP contribution in [-0.4, -0.2) is 15.9 Å². The number of nitrogens with zero attached hydrogens (tertiary/aromatic N) is 3. The maximum atomic E-state index is 12.2. The van der Waals surface area contributed by atoms with E-state index in [1.165, 1.54) is 12.4 Å². The summed E-state index contributed by atoms with van der Waals surface area (Å²) in [6.45, 7) is 0.622. The van der Waals surface area contributed by atoms with E-state index in [1.807, 2.05) is 36.4 Å². The third kappa shape index (κ3) is 4.18. The van der Waals surface area contributed by atoms with E-state index >= 15 is 0 Å². The van der Waals surface area contributed by atoms with Gasteiger partial charge < -0.3 is 10.6 Å². The van der Waals surface area contributed by atoms with Crippen LogP contribution in [-0.2, 0) is 6.54 Å². The molecule has 0 fully saturated rings. The number of rotatable bonds is 5. The average Bonchev–Trinajstić information content (AvgIpc) is 2.68. The van der Waals surface area contributed by atoms with Crippen LogP contribution in [0.15, 0.2) is 67.0 Å². The first-order valence-electron chi connectivity index (χ1n) is 7.66. The minimum absolute atomic E-state index is 0.179. The van der Waals surface area contributed by atoms with Crippen LogP contribution in [0.5, 0.6) is 0 Å². The number of benzene rings is 2. The summed E-state index contributed by atoms with van der Waals surface area (Å²) in [4.78, 5) is 20.6. The number of aromatic nitrogens is 2. The minimum atomic E-state index is -0.412. The zero-order chi connectivity index (χ0) is 17.5. The first-order chi connectivity index (χ1) is 12.3. The maximum absolute atomic E-state index is 12.2. The van der Waals surface area contributed by atoms with E-state index in [-0.39, 0.29) is 5.69 Å². The summed E-state index contributed by atoms with van der Waals surface area (Å²) < 4.78 is 0. The predicted octanol–water partition coefficient (Wildman–Crippen LogP) is 3.21. The molecule has 0 spiro atoms. The number of carbonyl (C=O) groups is 1. The molecule has 0 saturated heterocycles. The van der Waals surface area contributed by atoms with Crippen LogP contribution in [0.2, 0.25) is 0 Å². The number of anilines is 2. The second kappa shape index (κ2) is 7.70. The fourth-order valence-corrected chi connectivity index (χ4v) is 2.20. The molecule has 25 heavy (non-hydrogen) atoms. The van der Waals surface area contributed by atoms with Gasteiger partial charge in [-0.3, -0.25) is 4.79 Å². The molecule has 0 aliphatic rings. The Morgan fingerprint density at radius 3 is 2.48 bits per heavy atom. The lowest BCUT2D eigenvalue weighted by atomic mass is 10.2. The van der Waals surface area contributed by atoms with Gasteiger partial charge in [-0.25, -0.2) is 9.97 Å². The van der Waals surface area contributed by atoms with E-state index in [0.717, 1.165) is 5.56 Å². The van der Waals surface area contributed by atoms with Crippen molar-refractivity contribution in [2.75, 3.05) is 10.6 Å². The highest BCUT2D eigenvalue weighted by molar-refractivity contribution is 6.03. The van der Waals surface area contributed by atoms with E-state index < -0.39 is 5.91 Å². The number of hydrogen-bond donors (Lipinski definition) is 2. The molecule has 0 unspecified atom stereocenters. The molecular formula is C19H15N5O. The molecule has 0 atom stereocenters. The Morgan fingerprint density at radius 1 is 1.00 bits per heavy atom. The molecule has 2 N–H and O–H groups in total. The Bertz CT molecular complexity index is 901. The van der Waals surface area contributed by atoms with E-state index in [4.69, 9.17) is 5.26 Å². The van der Waals surface area contributed by atoms with Gasteiger partial charge in [-0.2, -0.15) is 5.26 Å². The van der Waals surface area contributed by atoms with E-state index in [1.54, 1.807) is 24.3 Å². The van der Waals surface area contributed by atoms with Crippen LogP contribution in [0.25, 0.3) is 0 Å². The highest BCUT2D eigenvalue weighted by atomic mass is 16.1. The summed E-state index contributed by atoms with van der Waals surface area (Å²) in [5.41, 5.74) is 2.14. The highest BCUT2D eigenvalue weighted by Gasteiger charge is 2.10. The van der Waals surface area contributed by atoms with Gasteiger partial charge >= 0.3 is 0 Å². The van der Waals surface area contributed by atoms with Crippen molar-refractivity contribution < 1.29 is 4.79 Å². The Balaban J connectivity index is 1.63. The summed E-state index contributed by atoms with van der Waals surface area (Å²) >= 11 is 0. The number of hydrogen-bond acceptors (Lipinski definition) is 5. The third-order valence-electron chi connectivity index (χ3n) is 3.50.